The highest BCUT2D eigenvalue weighted by molar-refractivity contribution is 9.10. The summed E-state index contributed by atoms with van der Waals surface area (Å²) in [6.45, 7) is 1.84. The summed E-state index contributed by atoms with van der Waals surface area (Å²) in [6.07, 6.45) is 1.86. The lowest BCUT2D eigenvalue weighted by molar-refractivity contribution is 0.387. The summed E-state index contributed by atoms with van der Waals surface area (Å²) in [5.74, 6) is 1.18. The van der Waals surface area contributed by atoms with Crippen LogP contribution in [0.25, 0.3) is 0 Å². The van der Waals surface area contributed by atoms with Gasteiger partial charge in [0.05, 0.1) is 0 Å². The monoisotopic (exact) mass is 375 g/mol. The van der Waals surface area contributed by atoms with Crippen LogP contribution in [0.4, 0.5) is 5.82 Å². The number of nitrogens with one attached hydrogen (secondary N) is 2. The summed E-state index contributed by atoms with van der Waals surface area (Å²) < 4.78 is 32.5. The Morgan fingerprint density at radius 3 is 2.81 bits per heavy atom. The average Bonchev–Trinajstić information content (AvgIpc) is 2.84. The lowest BCUT2D eigenvalue weighted by atomic mass is 10.4. The zero-order valence-electron chi connectivity index (χ0n) is 11.4. The molecule has 0 fully saturated rings. The van der Waals surface area contributed by atoms with E-state index in [9.17, 15) is 8.42 Å². The first kappa shape index (κ1) is 15.9. The van der Waals surface area contributed by atoms with Gasteiger partial charge in [0.1, 0.15) is 10.7 Å². The number of hydrogen-bond acceptors (Lipinski definition) is 7. The standard InChI is InChI=1S/C11H14BrN5O3S/c1-7-16-10(17-20-7)3-4-15-21(18,19)9-5-8(12)6-14-11(9)13-2/h5-6,15H,3-4H2,1-2H3,(H,13,14). The summed E-state index contributed by atoms with van der Waals surface area (Å²) >= 11 is 3.21. The number of sulfonamides is 1. The van der Waals surface area contributed by atoms with Crippen molar-refractivity contribution < 1.29 is 12.9 Å². The summed E-state index contributed by atoms with van der Waals surface area (Å²) in [5.41, 5.74) is 0. The van der Waals surface area contributed by atoms with Crippen molar-refractivity contribution in [2.24, 2.45) is 0 Å². The fourth-order valence-corrected chi connectivity index (χ4v) is 3.33. The van der Waals surface area contributed by atoms with Gasteiger partial charge in [-0.05, 0) is 22.0 Å². The second kappa shape index (κ2) is 6.50. The van der Waals surface area contributed by atoms with Crippen molar-refractivity contribution in [1.82, 2.24) is 19.8 Å². The Hall–Kier alpha value is -1.52. The number of nitrogens with zero attached hydrogens (tertiary/aromatic N) is 3. The predicted octanol–water partition coefficient (Wildman–Crippen LogP) is 1.10. The molecule has 114 valence electrons. The van der Waals surface area contributed by atoms with E-state index in [1.54, 1.807) is 14.0 Å². The molecule has 8 nitrogen and oxygen atoms in total. The second-order valence-electron chi connectivity index (χ2n) is 4.13. The highest BCUT2D eigenvalue weighted by Gasteiger charge is 2.19. The maximum Gasteiger partial charge on any atom is 0.244 e. The molecular weight excluding hydrogens is 362 g/mol. The van der Waals surface area contributed by atoms with Crippen LogP contribution in [-0.2, 0) is 16.4 Å². The molecule has 2 aromatic heterocycles. The Kier molecular flexibility index (Phi) is 4.91. The van der Waals surface area contributed by atoms with Crippen LogP contribution >= 0.6 is 15.9 Å². The van der Waals surface area contributed by atoms with Gasteiger partial charge in [-0.25, -0.2) is 18.1 Å². The van der Waals surface area contributed by atoms with Gasteiger partial charge in [-0.15, -0.1) is 0 Å². The maximum absolute atomic E-state index is 12.3. The number of rotatable bonds is 6. The summed E-state index contributed by atoms with van der Waals surface area (Å²) in [6, 6.07) is 1.49. The van der Waals surface area contributed by atoms with Gasteiger partial charge in [-0.2, -0.15) is 4.98 Å². The topological polar surface area (TPSA) is 110 Å². The molecule has 0 aromatic carbocycles. The van der Waals surface area contributed by atoms with E-state index < -0.39 is 10.0 Å². The zero-order valence-corrected chi connectivity index (χ0v) is 13.8. The van der Waals surface area contributed by atoms with E-state index in [-0.39, 0.29) is 17.3 Å². The van der Waals surface area contributed by atoms with Gasteiger partial charge in [0.15, 0.2) is 5.82 Å². The van der Waals surface area contributed by atoms with E-state index in [0.29, 0.717) is 22.6 Å². The van der Waals surface area contributed by atoms with Crippen molar-refractivity contribution in [3.63, 3.8) is 0 Å². The molecule has 21 heavy (non-hydrogen) atoms. The first-order valence-electron chi connectivity index (χ1n) is 6.04. The Morgan fingerprint density at radius 1 is 1.43 bits per heavy atom. The molecule has 0 saturated carbocycles. The summed E-state index contributed by atoms with van der Waals surface area (Å²) in [4.78, 5) is 8.09. The Bertz CT molecular complexity index is 731. The number of aryl methyl sites for hydroxylation is 1. The number of hydrogen-bond donors (Lipinski definition) is 2. The third-order valence-electron chi connectivity index (χ3n) is 2.56. The molecule has 10 heteroatoms. The minimum absolute atomic E-state index is 0.0728. The van der Waals surface area contributed by atoms with E-state index in [1.165, 1.54) is 12.3 Å². The van der Waals surface area contributed by atoms with E-state index >= 15 is 0 Å². The Morgan fingerprint density at radius 2 is 2.19 bits per heavy atom. The van der Waals surface area contributed by atoms with Crippen molar-refractivity contribution in [3.8, 4) is 0 Å². The van der Waals surface area contributed by atoms with Crippen LogP contribution in [0.2, 0.25) is 0 Å². The van der Waals surface area contributed by atoms with Crippen LogP contribution in [0.3, 0.4) is 0 Å². The molecule has 0 aliphatic rings. The van der Waals surface area contributed by atoms with Crippen LogP contribution in [0.15, 0.2) is 26.2 Å². The fourth-order valence-electron chi connectivity index (χ4n) is 1.63. The lowest BCUT2D eigenvalue weighted by Gasteiger charge is -2.10. The molecule has 2 heterocycles. The fraction of sp³-hybridized carbons (Fsp3) is 0.364. The van der Waals surface area contributed by atoms with Crippen LogP contribution in [0.1, 0.15) is 11.7 Å². The summed E-state index contributed by atoms with van der Waals surface area (Å²) in [5, 5.41) is 6.45. The van der Waals surface area contributed by atoms with E-state index in [4.69, 9.17) is 4.52 Å². The van der Waals surface area contributed by atoms with E-state index in [2.05, 4.69) is 41.1 Å². The van der Waals surface area contributed by atoms with Gasteiger partial charge < -0.3 is 9.84 Å². The molecule has 2 rings (SSSR count). The first-order chi connectivity index (χ1) is 9.92. The molecular formula is C11H14BrN5O3S. The van der Waals surface area contributed by atoms with Crippen molar-refractivity contribution in [2.45, 2.75) is 18.2 Å². The second-order valence-corrected chi connectivity index (χ2v) is 6.78. The SMILES string of the molecule is CNc1ncc(Br)cc1S(=O)(=O)NCCc1noc(C)n1. The molecule has 0 amide bonds. The van der Waals surface area contributed by atoms with Gasteiger partial charge in [0, 0.05) is 37.6 Å². The quantitative estimate of drug-likeness (QED) is 0.777. The third kappa shape index (κ3) is 3.99. The molecule has 0 atom stereocenters. The molecule has 0 bridgehead atoms. The third-order valence-corrected chi connectivity index (χ3v) is 4.46. The van der Waals surface area contributed by atoms with E-state index in [0.717, 1.165) is 0 Å². The smallest absolute Gasteiger partial charge is 0.244 e. The van der Waals surface area contributed by atoms with Gasteiger partial charge in [-0.1, -0.05) is 5.16 Å². The molecule has 0 aliphatic heterocycles. The molecule has 0 saturated heterocycles. The van der Waals surface area contributed by atoms with Crippen molar-refractivity contribution in [2.75, 3.05) is 18.9 Å². The molecule has 2 aromatic rings. The highest BCUT2D eigenvalue weighted by Crippen LogP contribution is 2.22. The van der Waals surface area contributed by atoms with E-state index in [1.807, 2.05) is 0 Å². The minimum atomic E-state index is -3.68. The van der Waals surface area contributed by atoms with Gasteiger partial charge in [0.2, 0.25) is 15.9 Å². The predicted molar refractivity (Wildman–Crippen MR) is 79.4 cm³/mol. The Labute approximate surface area is 130 Å². The van der Waals surface area contributed by atoms with Crippen molar-refractivity contribution in [3.05, 3.63) is 28.5 Å². The van der Waals surface area contributed by atoms with Gasteiger partial charge in [-0.3, -0.25) is 0 Å². The highest BCUT2D eigenvalue weighted by atomic mass is 79.9. The molecule has 0 spiro atoms. The number of aromatic nitrogens is 3. The average molecular weight is 376 g/mol. The number of anilines is 1. The van der Waals surface area contributed by atoms with Crippen LogP contribution in [-0.4, -0.2) is 37.1 Å². The molecule has 0 unspecified atom stereocenters. The van der Waals surface area contributed by atoms with Crippen molar-refractivity contribution in [1.29, 1.82) is 0 Å². The van der Waals surface area contributed by atoms with Crippen LogP contribution in [0, 0.1) is 6.92 Å². The molecule has 0 aliphatic carbocycles. The minimum Gasteiger partial charge on any atom is -0.372 e. The number of pyridine rings is 1. The van der Waals surface area contributed by atoms with Crippen LogP contribution in [0.5, 0.6) is 0 Å². The van der Waals surface area contributed by atoms with Crippen LogP contribution < -0.4 is 10.0 Å². The zero-order chi connectivity index (χ0) is 15.5. The first-order valence-corrected chi connectivity index (χ1v) is 8.32. The maximum atomic E-state index is 12.3. The molecule has 0 radical (unpaired) electrons. The Balaban J connectivity index is 2.09. The summed E-state index contributed by atoms with van der Waals surface area (Å²) in [7, 11) is -2.07. The lowest BCUT2D eigenvalue weighted by Crippen LogP contribution is -2.27. The van der Waals surface area contributed by atoms with Gasteiger partial charge in [0.25, 0.3) is 0 Å². The normalized spacial score (nSPS) is 11.6. The largest absolute Gasteiger partial charge is 0.372 e. The van der Waals surface area contributed by atoms with Crippen molar-refractivity contribution >= 4 is 31.8 Å². The van der Waals surface area contributed by atoms with Gasteiger partial charge >= 0.3 is 0 Å². The molecule has 2 N–H and O–H groups in total. The number of halogens is 1.